The summed E-state index contributed by atoms with van der Waals surface area (Å²) < 4.78 is 6.12. The molecule has 162 valence electrons. The third kappa shape index (κ3) is 3.73. The second-order valence-electron chi connectivity index (χ2n) is 10.1. The molecule has 2 fully saturated rings. The lowest BCUT2D eigenvalue weighted by Gasteiger charge is -2.43. The van der Waals surface area contributed by atoms with E-state index in [-0.39, 0.29) is 11.3 Å². The molecule has 1 amide bonds. The summed E-state index contributed by atoms with van der Waals surface area (Å²) in [5.41, 5.74) is 1.78. The number of furan rings is 1. The number of hydrogen-bond acceptors (Lipinski definition) is 6. The van der Waals surface area contributed by atoms with Crippen LogP contribution in [0.3, 0.4) is 0 Å². The van der Waals surface area contributed by atoms with E-state index in [0.29, 0.717) is 18.8 Å². The molecule has 0 radical (unpaired) electrons. The van der Waals surface area contributed by atoms with Gasteiger partial charge in [-0.05, 0) is 19.3 Å². The van der Waals surface area contributed by atoms with Gasteiger partial charge in [-0.15, -0.1) is 0 Å². The molecule has 0 spiro atoms. The quantitative estimate of drug-likeness (QED) is 0.774. The molecule has 5 rings (SSSR count). The predicted molar refractivity (Wildman–Crippen MR) is 115 cm³/mol. The molecular formula is C23H33N5O2. The predicted octanol–water partition coefficient (Wildman–Crippen LogP) is 2.58. The highest BCUT2D eigenvalue weighted by atomic mass is 16.3. The van der Waals surface area contributed by atoms with Crippen LogP contribution in [0.4, 0.5) is 0 Å². The van der Waals surface area contributed by atoms with E-state index in [1.165, 1.54) is 24.8 Å². The van der Waals surface area contributed by atoms with Crippen molar-refractivity contribution in [1.82, 2.24) is 24.7 Å². The van der Waals surface area contributed by atoms with E-state index in [9.17, 15) is 4.79 Å². The first-order valence-corrected chi connectivity index (χ1v) is 11.4. The number of amides is 1. The summed E-state index contributed by atoms with van der Waals surface area (Å²) in [6, 6.07) is 0.776. The molecule has 7 nitrogen and oxygen atoms in total. The highest BCUT2D eigenvalue weighted by Crippen LogP contribution is 2.31. The molecule has 1 saturated heterocycles. The summed E-state index contributed by atoms with van der Waals surface area (Å²) in [4.78, 5) is 28.9. The highest BCUT2D eigenvalue weighted by molar-refractivity contribution is 5.80. The van der Waals surface area contributed by atoms with Gasteiger partial charge in [0.15, 0.2) is 0 Å². The Kier molecular flexibility index (Phi) is 5.06. The largest absolute Gasteiger partial charge is 0.441 e. The third-order valence-electron chi connectivity index (χ3n) is 6.97. The number of aromatic nitrogens is 2. The average molecular weight is 412 g/mol. The van der Waals surface area contributed by atoms with E-state index in [4.69, 9.17) is 4.42 Å². The lowest BCUT2D eigenvalue weighted by molar-refractivity contribution is -0.135. The Labute approximate surface area is 178 Å². The molecule has 30 heavy (non-hydrogen) atoms. The van der Waals surface area contributed by atoms with Crippen LogP contribution >= 0.6 is 0 Å². The second-order valence-corrected chi connectivity index (χ2v) is 10.1. The van der Waals surface area contributed by atoms with Gasteiger partial charge in [-0.1, -0.05) is 27.2 Å². The van der Waals surface area contributed by atoms with Crippen LogP contribution in [0.5, 0.6) is 0 Å². The van der Waals surface area contributed by atoms with Gasteiger partial charge in [-0.3, -0.25) is 14.6 Å². The van der Waals surface area contributed by atoms with Gasteiger partial charge in [0.1, 0.15) is 11.6 Å². The summed E-state index contributed by atoms with van der Waals surface area (Å²) in [7, 11) is 0. The number of hydrogen-bond donors (Lipinski definition) is 0. The first kappa shape index (κ1) is 19.9. The van der Waals surface area contributed by atoms with Crippen molar-refractivity contribution >= 4 is 17.0 Å². The first-order chi connectivity index (χ1) is 14.4. The molecule has 0 bridgehead atoms. The molecule has 4 heterocycles. The normalized spacial score (nSPS) is 21.6. The Bertz CT molecular complexity index is 935. The van der Waals surface area contributed by atoms with Crippen LogP contribution in [0.25, 0.3) is 11.1 Å². The Hall–Kier alpha value is -1.99. The summed E-state index contributed by atoms with van der Waals surface area (Å²) in [5, 5.41) is 1.02. The van der Waals surface area contributed by atoms with Crippen molar-refractivity contribution in [3.63, 3.8) is 0 Å². The molecule has 0 aromatic carbocycles. The zero-order chi connectivity index (χ0) is 20.9. The Morgan fingerprint density at radius 2 is 1.93 bits per heavy atom. The van der Waals surface area contributed by atoms with Crippen molar-refractivity contribution in [3.8, 4) is 0 Å². The fourth-order valence-corrected chi connectivity index (χ4v) is 4.81. The number of nitrogens with zero attached hydrogens (tertiary/aromatic N) is 5. The second kappa shape index (κ2) is 7.61. The van der Waals surface area contributed by atoms with Crippen molar-refractivity contribution in [2.45, 2.75) is 64.5 Å². The van der Waals surface area contributed by atoms with Crippen molar-refractivity contribution in [2.24, 2.45) is 0 Å². The molecule has 0 unspecified atom stereocenters. The van der Waals surface area contributed by atoms with Crippen LogP contribution in [-0.2, 0) is 23.2 Å². The minimum Gasteiger partial charge on any atom is -0.441 e. The van der Waals surface area contributed by atoms with Crippen LogP contribution in [0.15, 0.2) is 10.6 Å². The standard InChI is InChI=1S/C23H33N5O2/c1-23(2,3)22-24-13-18-17-7-8-26(14-19(17)30-21(18)25-22)15-20(29)28-11-9-27(10-12-28)16-5-4-6-16/h13,16H,4-12,14-15H2,1-3H3. The van der Waals surface area contributed by atoms with Crippen LogP contribution in [-0.4, -0.2) is 75.9 Å². The van der Waals surface area contributed by atoms with Gasteiger partial charge in [0.25, 0.3) is 0 Å². The number of carbonyl (C=O) groups excluding carboxylic acids is 1. The topological polar surface area (TPSA) is 65.7 Å². The maximum Gasteiger partial charge on any atom is 0.236 e. The van der Waals surface area contributed by atoms with Crippen molar-refractivity contribution in [3.05, 3.63) is 23.3 Å². The van der Waals surface area contributed by atoms with Crippen molar-refractivity contribution in [2.75, 3.05) is 39.3 Å². The number of fused-ring (bicyclic) bond motifs is 3. The Morgan fingerprint density at radius 3 is 2.60 bits per heavy atom. The molecule has 1 saturated carbocycles. The zero-order valence-corrected chi connectivity index (χ0v) is 18.5. The molecule has 2 aromatic heterocycles. The highest BCUT2D eigenvalue weighted by Gasteiger charge is 2.31. The Morgan fingerprint density at radius 1 is 1.17 bits per heavy atom. The first-order valence-electron chi connectivity index (χ1n) is 11.4. The molecule has 0 atom stereocenters. The molecule has 2 aromatic rings. The SMILES string of the molecule is CC(C)(C)c1ncc2c3c(oc2n1)CN(CC(=O)N1CCN(C2CCC2)CC1)CC3. The van der Waals surface area contributed by atoms with E-state index in [1.54, 1.807) is 0 Å². The van der Waals surface area contributed by atoms with Crippen LogP contribution in [0.1, 0.15) is 57.2 Å². The number of carbonyl (C=O) groups is 1. The minimum absolute atomic E-state index is 0.109. The van der Waals surface area contributed by atoms with Gasteiger partial charge >= 0.3 is 0 Å². The maximum absolute atomic E-state index is 12.9. The van der Waals surface area contributed by atoms with Crippen molar-refractivity contribution < 1.29 is 9.21 Å². The van der Waals surface area contributed by atoms with Gasteiger partial charge in [0.2, 0.25) is 11.6 Å². The summed E-state index contributed by atoms with van der Waals surface area (Å²) in [6.07, 6.45) is 6.83. The molecule has 2 aliphatic heterocycles. The monoisotopic (exact) mass is 411 g/mol. The van der Waals surface area contributed by atoms with Gasteiger partial charge in [0.05, 0.1) is 18.5 Å². The summed E-state index contributed by atoms with van der Waals surface area (Å²) in [6.45, 7) is 12.1. The lowest BCUT2D eigenvalue weighted by atomic mass is 9.91. The van der Waals surface area contributed by atoms with Crippen LogP contribution in [0.2, 0.25) is 0 Å². The summed E-state index contributed by atoms with van der Waals surface area (Å²) >= 11 is 0. The third-order valence-corrected chi connectivity index (χ3v) is 6.97. The van der Waals surface area contributed by atoms with E-state index < -0.39 is 0 Å². The van der Waals surface area contributed by atoms with E-state index in [0.717, 1.165) is 62.2 Å². The summed E-state index contributed by atoms with van der Waals surface area (Å²) in [5.74, 6) is 1.99. The number of rotatable bonds is 3. The molecule has 7 heteroatoms. The Balaban J connectivity index is 1.22. The minimum atomic E-state index is -0.109. The average Bonchev–Trinajstić information content (AvgIpc) is 3.03. The maximum atomic E-state index is 12.9. The zero-order valence-electron chi connectivity index (χ0n) is 18.5. The van der Waals surface area contributed by atoms with E-state index in [2.05, 4.69) is 40.5 Å². The van der Waals surface area contributed by atoms with E-state index in [1.807, 2.05) is 11.1 Å². The van der Waals surface area contributed by atoms with Gasteiger partial charge in [0, 0.05) is 55.9 Å². The fraction of sp³-hybridized carbons (Fsp3) is 0.696. The van der Waals surface area contributed by atoms with Crippen LogP contribution < -0.4 is 0 Å². The van der Waals surface area contributed by atoms with E-state index >= 15 is 0 Å². The van der Waals surface area contributed by atoms with Gasteiger partial charge in [-0.2, -0.15) is 4.98 Å². The smallest absolute Gasteiger partial charge is 0.236 e. The number of piperazine rings is 1. The fourth-order valence-electron chi connectivity index (χ4n) is 4.81. The van der Waals surface area contributed by atoms with Crippen LogP contribution in [0, 0.1) is 0 Å². The van der Waals surface area contributed by atoms with Gasteiger partial charge < -0.3 is 9.32 Å². The molecular weight excluding hydrogens is 378 g/mol. The molecule has 1 aliphatic carbocycles. The lowest BCUT2D eigenvalue weighted by Crippen LogP contribution is -2.55. The molecule has 3 aliphatic rings. The van der Waals surface area contributed by atoms with Gasteiger partial charge in [-0.25, -0.2) is 4.98 Å². The van der Waals surface area contributed by atoms with Crippen molar-refractivity contribution in [1.29, 1.82) is 0 Å². The molecule has 0 N–H and O–H groups in total.